The minimum absolute atomic E-state index is 0.0644. The molecule has 1 aromatic carbocycles. The van der Waals surface area contributed by atoms with Crippen LogP contribution in [-0.4, -0.2) is 21.4 Å². The molecule has 2 aromatic rings. The number of fused-ring (bicyclic) bond motifs is 3. The van der Waals surface area contributed by atoms with Gasteiger partial charge in [0.05, 0.1) is 16.8 Å². The van der Waals surface area contributed by atoms with E-state index >= 15 is 0 Å². The van der Waals surface area contributed by atoms with E-state index in [0.717, 1.165) is 12.8 Å². The highest BCUT2D eigenvalue weighted by molar-refractivity contribution is 5.82. The standard InChI is InChI=1S/C21H25N3O2/c1-4-21(2,3)24-20(26)17-13-10-9-12(11-13)16(17)18-22-15-8-6-5-7-14(15)19(25)23-18/h5-10,12-13,16-17H,4,11H2,1-3H3,(H,24,26)(H,22,23,25). The molecule has 5 heteroatoms. The van der Waals surface area contributed by atoms with Crippen LogP contribution in [0.5, 0.6) is 0 Å². The summed E-state index contributed by atoms with van der Waals surface area (Å²) in [5, 5.41) is 3.78. The van der Waals surface area contributed by atoms with Gasteiger partial charge in [0.1, 0.15) is 5.82 Å². The zero-order valence-electron chi connectivity index (χ0n) is 15.5. The van der Waals surface area contributed by atoms with Crippen LogP contribution < -0.4 is 10.9 Å². The number of carbonyl (C=O) groups is 1. The molecular formula is C21H25N3O2. The van der Waals surface area contributed by atoms with Gasteiger partial charge in [-0.1, -0.05) is 31.2 Å². The molecule has 2 N–H and O–H groups in total. The van der Waals surface area contributed by atoms with Gasteiger partial charge in [0.25, 0.3) is 5.56 Å². The first-order valence-electron chi connectivity index (χ1n) is 9.39. The monoisotopic (exact) mass is 351 g/mol. The van der Waals surface area contributed by atoms with Crippen LogP contribution in [0.25, 0.3) is 10.9 Å². The summed E-state index contributed by atoms with van der Waals surface area (Å²) in [5.41, 5.74) is 0.314. The van der Waals surface area contributed by atoms with Crippen molar-refractivity contribution in [3.63, 3.8) is 0 Å². The fourth-order valence-electron chi connectivity index (χ4n) is 4.32. The number of benzene rings is 1. The summed E-state index contributed by atoms with van der Waals surface area (Å²) in [6.45, 7) is 6.15. The molecule has 1 amide bonds. The van der Waals surface area contributed by atoms with Crippen molar-refractivity contribution in [3.8, 4) is 0 Å². The predicted octanol–water partition coefficient (Wildman–Crippen LogP) is 3.13. The highest BCUT2D eigenvalue weighted by Gasteiger charge is 2.50. The molecule has 5 nitrogen and oxygen atoms in total. The minimum Gasteiger partial charge on any atom is -0.351 e. The quantitative estimate of drug-likeness (QED) is 0.831. The third-order valence-corrected chi connectivity index (χ3v) is 6.05. The maximum Gasteiger partial charge on any atom is 0.258 e. The first-order chi connectivity index (χ1) is 12.4. The van der Waals surface area contributed by atoms with Crippen molar-refractivity contribution >= 4 is 16.8 Å². The number of allylic oxidation sites excluding steroid dienone is 2. The topological polar surface area (TPSA) is 74.8 Å². The van der Waals surface area contributed by atoms with Crippen LogP contribution in [0.3, 0.4) is 0 Å². The van der Waals surface area contributed by atoms with Gasteiger partial charge >= 0.3 is 0 Å². The Bertz CT molecular complexity index is 944. The van der Waals surface area contributed by atoms with Crippen LogP contribution >= 0.6 is 0 Å². The largest absolute Gasteiger partial charge is 0.351 e. The fourth-order valence-corrected chi connectivity index (χ4v) is 4.32. The zero-order chi connectivity index (χ0) is 18.5. The van der Waals surface area contributed by atoms with E-state index in [0.29, 0.717) is 16.7 Å². The molecule has 0 aliphatic heterocycles. The van der Waals surface area contributed by atoms with Gasteiger partial charge in [-0.05, 0) is 50.7 Å². The van der Waals surface area contributed by atoms with Crippen LogP contribution in [-0.2, 0) is 4.79 Å². The summed E-state index contributed by atoms with van der Waals surface area (Å²) < 4.78 is 0. The second-order valence-electron chi connectivity index (χ2n) is 8.19. The zero-order valence-corrected chi connectivity index (χ0v) is 15.5. The van der Waals surface area contributed by atoms with Gasteiger partial charge in [-0.15, -0.1) is 0 Å². The molecule has 136 valence electrons. The van der Waals surface area contributed by atoms with Crippen molar-refractivity contribution in [1.82, 2.24) is 15.3 Å². The van der Waals surface area contributed by atoms with Crippen molar-refractivity contribution < 1.29 is 4.79 Å². The number of nitrogens with zero attached hydrogens (tertiary/aromatic N) is 1. The Balaban J connectivity index is 1.74. The average Bonchev–Trinajstić information content (AvgIpc) is 3.22. The molecule has 0 spiro atoms. The molecular weight excluding hydrogens is 326 g/mol. The van der Waals surface area contributed by atoms with Crippen LogP contribution in [0.1, 0.15) is 45.4 Å². The number of aromatic amines is 1. The molecule has 1 aromatic heterocycles. The SMILES string of the molecule is CCC(C)(C)NC(=O)C1C2C=CC(C2)C1c1nc2ccccc2c(=O)[nH]1. The number of rotatable bonds is 4. The van der Waals surface area contributed by atoms with E-state index in [1.807, 2.05) is 32.0 Å². The number of aromatic nitrogens is 2. The van der Waals surface area contributed by atoms with Gasteiger partial charge in [0.15, 0.2) is 0 Å². The van der Waals surface area contributed by atoms with E-state index in [4.69, 9.17) is 4.98 Å². The van der Waals surface area contributed by atoms with Crippen molar-refractivity contribution in [2.75, 3.05) is 0 Å². The second-order valence-corrected chi connectivity index (χ2v) is 8.19. The number of para-hydroxylation sites is 1. The Labute approximate surface area is 152 Å². The Morgan fingerprint density at radius 3 is 2.77 bits per heavy atom. The smallest absolute Gasteiger partial charge is 0.258 e. The number of hydrogen-bond donors (Lipinski definition) is 2. The lowest BCUT2D eigenvalue weighted by molar-refractivity contribution is -0.128. The van der Waals surface area contributed by atoms with Gasteiger partial charge in [0.2, 0.25) is 5.91 Å². The van der Waals surface area contributed by atoms with E-state index in [1.165, 1.54) is 0 Å². The summed E-state index contributed by atoms with van der Waals surface area (Å²) >= 11 is 0. The molecule has 1 saturated carbocycles. The van der Waals surface area contributed by atoms with Crippen LogP contribution in [0.2, 0.25) is 0 Å². The second kappa shape index (κ2) is 6.08. The Morgan fingerprint density at radius 1 is 1.27 bits per heavy atom. The third-order valence-electron chi connectivity index (χ3n) is 6.05. The van der Waals surface area contributed by atoms with E-state index < -0.39 is 0 Å². The van der Waals surface area contributed by atoms with Crippen molar-refractivity contribution in [3.05, 3.63) is 52.6 Å². The normalized spacial score (nSPS) is 27.2. The van der Waals surface area contributed by atoms with Crippen LogP contribution in [0.4, 0.5) is 0 Å². The van der Waals surface area contributed by atoms with Crippen molar-refractivity contribution in [2.45, 2.75) is 45.1 Å². The lowest BCUT2D eigenvalue weighted by Gasteiger charge is -2.31. The van der Waals surface area contributed by atoms with E-state index in [-0.39, 0.29) is 40.7 Å². The first kappa shape index (κ1) is 17.0. The number of amides is 1. The van der Waals surface area contributed by atoms with Crippen molar-refractivity contribution in [1.29, 1.82) is 0 Å². The van der Waals surface area contributed by atoms with E-state index in [1.54, 1.807) is 6.07 Å². The van der Waals surface area contributed by atoms with Gasteiger partial charge in [-0.25, -0.2) is 4.98 Å². The summed E-state index contributed by atoms with van der Waals surface area (Å²) in [4.78, 5) is 33.3. The molecule has 4 rings (SSSR count). The molecule has 0 radical (unpaired) electrons. The number of hydrogen-bond acceptors (Lipinski definition) is 3. The molecule has 1 heterocycles. The number of H-pyrrole nitrogens is 1. The Kier molecular flexibility index (Phi) is 3.98. The van der Waals surface area contributed by atoms with Gasteiger partial charge in [-0.3, -0.25) is 9.59 Å². The number of carbonyl (C=O) groups excluding carboxylic acids is 1. The molecule has 2 aliphatic rings. The lowest BCUT2D eigenvalue weighted by Crippen LogP contribution is -2.47. The summed E-state index contributed by atoms with van der Waals surface area (Å²) in [6.07, 6.45) is 6.15. The summed E-state index contributed by atoms with van der Waals surface area (Å²) in [6, 6.07) is 7.35. The molecule has 1 fully saturated rings. The maximum atomic E-state index is 13.1. The van der Waals surface area contributed by atoms with E-state index in [2.05, 4.69) is 29.4 Å². The lowest BCUT2D eigenvalue weighted by atomic mass is 9.81. The van der Waals surface area contributed by atoms with Gasteiger partial charge in [-0.2, -0.15) is 0 Å². The average molecular weight is 351 g/mol. The number of nitrogens with one attached hydrogen (secondary N) is 2. The molecule has 26 heavy (non-hydrogen) atoms. The molecule has 0 saturated heterocycles. The minimum atomic E-state index is -0.239. The highest BCUT2D eigenvalue weighted by Crippen LogP contribution is 2.52. The molecule has 2 aliphatic carbocycles. The van der Waals surface area contributed by atoms with Gasteiger partial charge in [0, 0.05) is 11.5 Å². The predicted molar refractivity (Wildman–Crippen MR) is 102 cm³/mol. The first-order valence-corrected chi connectivity index (χ1v) is 9.39. The Hall–Kier alpha value is -2.43. The van der Waals surface area contributed by atoms with Crippen LogP contribution in [0.15, 0.2) is 41.2 Å². The highest BCUT2D eigenvalue weighted by atomic mass is 16.2. The summed E-state index contributed by atoms with van der Waals surface area (Å²) in [7, 11) is 0. The molecule has 2 bridgehead atoms. The maximum absolute atomic E-state index is 13.1. The fraction of sp³-hybridized carbons (Fsp3) is 0.476. The Morgan fingerprint density at radius 2 is 2.00 bits per heavy atom. The van der Waals surface area contributed by atoms with Gasteiger partial charge < -0.3 is 10.3 Å². The molecule has 4 unspecified atom stereocenters. The third kappa shape index (κ3) is 2.75. The van der Waals surface area contributed by atoms with Crippen LogP contribution in [0, 0.1) is 17.8 Å². The summed E-state index contributed by atoms with van der Waals surface area (Å²) in [5.74, 6) is 0.920. The van der Waals surface area contributed by atoms with Crippen molar-refractivity contribution in [2.24, 2.45) is 17.8 Å². The van der Waals surface area contributed by atoms with E-state index in [9.17, 15) is 9.59 Å². The molecule has 4 atom stereocenters.